The maximum atomic E-state index is 11.7. The second-order valence-electron chi connectivity index (χ2n) is 4.91. The zero-order chi connectivity index (χ0) is 13.9. The molecule has 7 heteroatoms. The third-order valence-corrected chi connectivity index (χ3v) is 5.74. The lowest BCUT2D eigenvalue weighted by Crippen LogP contribution is -2.34. The van der Waals surface area contributed by atoms with Crippen molar-refractivity contribution < 1.29 is 0 Å². The van der Waals surface area contributed by atoms with Crippen LogP contribution in [0.1, 0.15) is 32.6 Å². The Bertz CT molecular complexity index is 637. The van der Waals surface area contributed by atoms with E-state index in [1.807, 2.05) is 11.8 Å². The molecule has 2 aromatic heterocycles. The Labute approximate surface area is 125 Å². The van der Waals surface area contributed by atoms with E-state index in [4.69, 9.17) is 0 Å². The molecule has 0 bridgehead atoms. The van der Waals surface area contributed by atoms with Crippen LogP contribution < -0.4 is 10.9 Å². The third kappa shape index (κ3) is 2.83. The molecule has 2 atom stereocenters. The molecule has 0 aliphatic heterocycles. The van der Waals surface area contributed by atoms with E-state index in [1.54, 1.807) is 0 Å². The molecule has 1 N–H and O–H groups in total. The van der Waals surface area contributed by atoms with Crippen LogP contribution in [-0.4, -0.2) is 31.6 Å². The minimum Gasteiger partial charge on any atom is -0.356 e. The second-order valence-corrected chi connectivity index (χ2v) is 7.39. The standard InChI is InChI=1S/C13H18N4OS2/c1-2-19-10-6-4-3-5-9(10)15-12-16-17-11(18)7-8-14-13(17)20-12/h7-10H,2-6H2,1H3,(H,15,16)/t9-,10+/m1/s1. The van der Waals surface area contributed by atoms with Crippen LogP contribution in [0.25, 0.3) is 4.96 Å². The van der Waals surface area contributed by atoms with Gasteiger partial charge in [0.2, 0.25) is 10.1 Å². The van der Waals surface area contributed by atoms with Gasteiger partial charge in [-0.1, -0.05) is 31.1 Å². The Morgan fingerprint density at radius 1 is 1.50 bits per heavy atom. The number of aromatic nitrogens is 3. The number of rotatable bonds is 4. The van der Waals surface area contributed by atoms with Crippen molar-refractivity contribution in [1.29, 1.82) is 0 Å². The smallest absolute Gasteiger partial charge is 0.275 e. The van der Waals surface area contributed by atoms with E-state index >= 15 is 0 Å². The van der Waals surface area contributed by atoms with E-state index in [-0.39, 0.29) is 5.56 Å². The van der Waals surface area contributed by atoms with Gasteiger partial charge in [0.05, 0.1) is 0 Å². The van der Waals surface area contributed by atoms with E-state index < -0.39 is 0 Å². The molecule has 108 valence electrons. The van der Waals surface area contributed by atoms with Gasteiger partial charge < -0.3 is 5.32 Å². The topological polar surface area (TPSA) is 59.3 Å². The summed E-state index contributed by atoms with van der Waals surface area (Å²) in [5.74, 6) is 1.14. The van der Waals surface area contributed by atoms with E-state index in [2.05, 4.69) is 22.3 Å². The largest absolute Gasteiger partial charge is 0.356 e. The normalized spacial score (nSPS) is 23.1. The van der Waals surface area contributed by atoms with E-state index in [0.717, 1.165) is 10.9 Å². The maximum Gasteiger partial charge on any atom is 0.275 e. The summed E-state index contributed by atoms with van der Waals surface area (Å²) in [7, 11) is 0. The highest BCUT2D eigenvalue weighted by Gasteiger charge is 2.25. The van der Waals surface area contributed by atoms with Crippen LogP contribution in [-0.2, 0) is 0 Å². The van der Waals surface area contributed by atoms with Crippen LogP contribution >= 0.6 is 23.1 Å². The summed E-state index contributed by atoms with van der Waals surface area (Å²) >= 11 is 3.47. The summed E-state index contributed by atoms with van der Waals surface area (Å²) in [6, 6.07) is 1.89. The number of hydrogen-bond donors (Lipinski definition) is 1. The molecule has 2 aromatic rings. The molecule has 2 heterocycles. The van der Waals surface area contributed by atoms with Gasteiger partial charge in [0, 0.05) is 23.6 Å². The van der Waals surface area contributed by atoms with Crippen LogP contribution in [0, 0.1) is 0 Å². The van der Waals surface area contributed by atoms with Crippen LogP contribution in [0.3, 0.4) is 0 Å². The Morgan fingerprint density at radius 3 is 3.15 bits per heavy atom. The van der Waals surface area contributed by atoms with Gasteiger partial charge in [-0.05, 0) is 18.6 Å². The van der Waals surface area contributed by atoms with Gasteiger partial charge in [-0.2, -0.15) is 16.3 Å². The van der Waals surface area contributed by atoms with E-state index in [0.29, 0.717) is 16.3 Å². The SMILES string of the molecule is CCS[C@H]1CCCC[C@H]1Nc1nn2c(=O)ccnc2s1. The Morgan fingerprint density at radius 2 is 2.35 bits per heavy atom. The predicted molar refractivity (Wildman–Crippen MR) is 84.9 cm³/mol. The fourth-order valence-corrected chi connectivity index (χ4v) is 4.67. The highest BCUT2D eigenvalue weighted by atomic mass is 32.2. The summed E-state index contributed by atoms with van der Waals surface area (Å²) in [5, 5.41) is 9.30. The van der Waals surface area contributed by atoms with Gasteiger partial charge in [0.1, 0.15) is 0 Å². The number of nitrogens with zero attached hydrogens (tertiary/aromatic N) is 3. The lowest BCUT2D eigenvalue weighted by Gasteiger charge is -2.31. The molecule has 1 aliphatic rings. The first-order valence-corrected chi connectivity index (χ1v) is 8.87. The highest BCUT2D eigenvalue weighted by Crippen LogP contribution is 2.31. The van der Waals surface area contributed by atoms with Crippen molar-refractivity contribution in [2.45, 2.75) is 43.9 Å². The molecule has 0 unspecified atom stereocenters. The summed E-state index contributed by atoms with van der Waals surface area (Å²) in [5.41, 5.74) is -0.123. The molecule has 1 aliphatic carbocycles. The van der Waals surface area contributed by atoms with Crippen molar-refractivity contribution in [3.8, 4) is 0 Å². The number of hydrogen-bond acceptors (Lipinski definition) is 6. The number of anilines is 1. The molecule has 0 aromatic carbocycles. The summed E-state index contributed by atoms with van der Waals surface area (Å²) in [6.07, 6.45) is 6.56. The van der Waals surface area contributed by atoms with Crippen molar-refractivity contribution in [3.05, 3.63) is 22.6 Å². The van der Waals surface area contributed by atoms with Gasteiger partial charge >= 0.3 is 0 Å². The lowest BCUT2D eigenvalue weighted by molar-refractivity contribution is 0.474. The molecule has 1 fully saturated rings. The minimum absolute atomic E-state index is 0.123. The highest BCUT2D eigenvalue weighted by molar-refractivity contribution is 7.99. The van der Waals surface area contributed by atoms with Gasteiger partial charge in [-0.15, -0.1) is 5.10 Å². The average Bonchev–Trinajstić information content (AvgIpc) is 2.85. The molecule has 1 saturated carbocycles. The Balaban J connectivity index is 1.81. The molecule has 0 amide bonds. The fraction of sp³-hybridized carbons (Fsp3) is 0.615. The molecule has 20 heavy (non-hydrogen) atoms. The first kappa shape index (κ1) is 13.9. The summed E-state index contributed by atoms with van der Waals surface area (Å²) < 4.78 is 1.37. The molecule has 0 radical (unpaired) electrons. The number of nitrogens with one attached hydrogen (secondary N) is 1. The zero-order valence-corrected chi connectivity index (χ0v) is 13.0. The van der Waals surface area contributed by atoms with Gasteiger partial charge in [0.15, 0.2) is 0 Å². The molecule has 3 rings (SSSR count). The van der Waals surface area contributed by atoms with E-state index in [1.165, 1.54) is 53.8 Å². The maximum absolute atomic E-state index is 11.7. The number of thioether (sulfide) groups is 1. The molecular formula is C13H18N4OS2. The summed E-state index contributed by atoms with van der Waals surface area (Å²) in [6.45, 7) is 2.21. The van der Waals surface area contributed by atoms with Crippen LogP contribution in [0.5, 0.6) is 0 Å². The van der Waals surface area contributed by atoms with Crippen molar-refractivity contribution in [2.24, 2.45) is 0 Å². The van der Waals surface area contributed by atoms with Gasteiger partial charge in [-0.3, -0.25) is 4.79 Å². The third-order valence-electron chi connectivity index (χ3n) is 3.56. The molecular weight excluding hydrogens is 292 g/mol. The van der Waals surface area contributed by atoms with Crippen molar-refractivity contribution in [3.63, 3.8) is 0 Å². The van der Waals surface area contributed by atoms with Crippen LogP contribution in [0.15, 0.2) is 17.1 Å². The van der Waals surface area contributed by atoms with Crippen molar-refractivity contribution in [2.75, 3.05) is 11.1 Å². The van der Waals surface area contributed by atoms with E-state index in [9.17, 15) is 4.79 Å². The first-order valence-electron chi connectivity index (χ1n) is 7.01. The van der Waals surface area contributed by atoms with Gasteiger partial charge in [0.25, 0.3) is 5.56 Å². The average molecular weight is 310 g/mol. The van der Waals surface area contributed by atoms with Gasteiger partial charge in [-0.25, -0.2) is 4.98 Å². The monoisotopic (exact) mass is 310 g/mol. The second kappa shape index (κ2) is 6.13. The summed E-state index contributed by atoms with van der Waals surface area (Å²) in [4.78, 5) is 16.5. The quantitative estimate of drug-likeness (QED) is 0.940. The fourth-order valence-electron chi connectivity index (χ4n) is 2.64. The molecule has 0 spiro atoms. The zero-order valence-electron chi connectivity index (χ0n) is 11.4. The minimum atomic E-state index is -0.123. The van der Waals surface area contributed by atoms with Crippen molar-refractivity contribution in [1.82, 2.24) is 14.6 Å². The number of fused-ring (bicyclic) bond motifs is 1. The Kier molecular flexibility index (Phi) is 4.26. The first-order chi connectivity index (χ1) is 9.78. The lowest BCUT2D eigenvalue weighted by atomic mass is 9.95. The van der Waals surface area contributed by atoms with Crippen LogP contribution in [0.4, 0.5) is 5.13 Å². The molecule has 0 saturated heterocycles. The van der Waals surface area contributed by atoms with Crippen molar-refractivity contribution >= 4 is 33.2 Å². The predicted octanol–water partition coefficient (Wildman–Crippen LogP) is 2.63. The van der Waals surface area contributed by atoms with Crippen LogP contribution in [0.2, 0.25) is 0 Å². The Hall–Kier alpha value is -1.08. The molecule has 5 nitrogen and oxygen atoms in total.